The zero-order chi connectivity index (χ0) is 26.1. The molecule has 1 N–H and O–H groups in total. The van der Waals surface area contributed by atoms with Crippen LogP contribution in [0.4, 0.5) is 14.3 Å². The summed E-state index contributed by atoms with van der Waals surface area (Å²) in [6.07, 6.45) is 5.21. The van der Waals surface area contributed by atoms with E-state index in [2.05, 4.69) is 9.98 Å². The van der Waals surface area contributed by atoms with Crippen molar-refractivity contribution < 1.29 is 18.2 Å². The first kappa shape index (κ1) is 23.1. The second-order valence-electron chi connectivity index (χ2n) is 9.72. The van der Waals surface area contributed by atoms with Crippen molar-refractivity contribution >= 4 is 41.1 Å². The molecule has 8 heteroatoms. The van der Waals surface area contributed by atoms with E-state index in [9.17, 15) is 5.11 Å². The fourth-order valence-corrected chi connectivity index (χ4v) is 5.72. The van der Waals surface area contributed by atoms with Crippen LogP contribution in [-0.4, -0.2) is 38.0 Å². The average Bonchev–Trinajstić information content (AvgIpc) is 3.35. The van der Waals surface area contributed by atoms with Crippen LogP contribution < -0.4 is 0 Å². The molecule has 2 aromatic heterocycles. The van der Waals surface area contributed by atoms with Crippen LogP contribution in [0.1, 0.15) is 41.9 Å². The summed E-state index contributed by atoms with van der Waals surface area (Å²) in [7, 11) is 0. The number of phenols is 1. The quantitative estimate of drug-likeness (QED) is 0.260. The second-order valence-corrected chi connectivity index (χ2v) is 9.72. The summed E-state index contributed by atoms with van der Waals surface area (Å²) in [4.78, 5) is 8.88. The zero-order valence-corrected chi connectivity index (χ0v) is 21.0. The predicted octanol–water partition coefficient (Wildman–Crippen LogP) is 6.54. The lowest BCUT2D eigenvalue weighted by molar-refractivity contribution is -0.363. The molecule has 0 aliphatic carbocycles. The van der Waals surface area contributed by atoms with Crippen molar-refractivity contribution in [1.29, 1.82) is 0 Å². The highest BCUT2D eigenvalue weighted by molar-refractivity contribution is 6.58. The van der Waals surface area contributed by atoms with E-state index in [0.717, 1.165) is 38.9 Å². The van der Waals surface area contributed by atoms with Crippen molar-refractivity contribution in [2.75, 3.05) is 0 Å². The summed E-state index contributed by atoms with van der Waals surface area (Å²) in [6.45, 7) is 3.26. The lowest BCUT2D eigenvalue weighted by atomic mass is 9.84. The number of pyridine rings is 1. The van der Waals surface area contributed by atoms with Gasteiger partial charge < -0.3 is 22.7 Å². The van der Waals surface area contributed by atoms with E-state index in [1.807, 2.05) is 62.4 Å². The number of hydrogen-bond acceptors (Lipinski definition) is 3. The van der Waals surface area contributed by atoms with Crippen LogP contribution in [-0.2, 0) is 0 Å². The number of aromatic hydroxyl groups is 1. The van der Waals surface area contributed by atoms with E-state index >= 15 is 8.63 Å². The lowest BCUT2D eigenvalue weighted by Gasteiger charge is -2.34. The first-order valence-electron chi connectivity index (χ1n) is 12.2. The Hall–Kier alpha value is -4.33. The monoisotopic (exact) mass is 494 g/mol. The van der Waals surface area contributed by atoms with E-state index in [-0.39, 0.29) is 5.75 Å². The number of halogens is 2. The molecule has 2 aliphatic rings. The summed E-state index contributed by atoms with van der Waals surface area (Å²) in [5, 5.41) is 10.9. The molecule has 4 heterocycles. The molecule has 2 aliphatic heterocycles. The van der Waals surface area contributed by atoms with E-state index in [1.165, 1.54) is 8.96 Å². The van der Waals surface area contributed by atoms with Gasteiger partial charge in [-0.3, -0.25) is 9.98 Å². The maximum Gasteiger partial charge on any atom is 0.737 e. The van der Waals surface area contributed by atoms with Gasteiger partial charge in [-0.15, -0.1) is 0 Å². The Morgan fingerprint density at radius 1 is 1.03 bits per heavy atom. The zero-order valence-electron chi connectivity index (χ0n) is 21.0. The summed E-state index contributed by atoms with van der Waals surface area (Å²) < 4.78 is 34.1. The van der Waals surface area contributed by atoms with Gasteiger partial charge in [-0.05, 0) is 74.0 Å². The van der Waals surface area contributed by atoms with Crippen molar-refractivity contribution in [3.63, 3.8) is 0 Å². The number of nitrogens with zero attached hydrogens (tertiary/aromatic N) is 4. The SMILES string of the molecule is CC1=CC(C)=[N+]2C1=C(c1ccc(N=Cc3ccc(O)c4ncccc34)cc1)c1c(C)cc(C)n1[B-]2(F)F. The molecule has 0 spiro atoms. The minimum absolute atomic E-state index is 0.124. The Kier molecular flexibility index (Phi) is 5.05. The smallest absolute Gasteiger partial charge is 0.506 e. The van der Waals surface area contributed by atoms with E-state index in [1.54, 1.807) is 38.4 Å². The predicted molar refractivity (Wildman–Crippen MR) is 145 cm³/mol. The molecule has 0 saturated heterocycles. The van der Waals surface area contributed by atoms with Crippen molar-refractivity contribution in [2.24, 2.45) is 4.99 Å². The van der Waals surface area contributed by atoms with Crippen LogP contribution in [0.25, 0.3) is 16.5 Å². The van der Waals surface area contributed by atoms with Crippen LogP contribution in [0.2, 0.25) is 0 Å². The van der Waals surface area contributed by atoms with Gasteiger partial charge in [0.05, 0.1) is 11.3 Å². The van der Waals surface area contributed by atoms with Crippen LogP contribution in [0.5, 0.6) is 5.75 Å². The molecule has 0 radical (unpaired) electrons. The number of aryl methyl sites for hydroxylation is 2. The van der Waals surface area contributed by atoms with Crippen molar-refractivity contribution in [3.8, 4) is 5.75 Å². The number of allylic oxidation sites excluding steroid dienone is 2. The second kappa shape index (κ2) is 8.10. The van der Waals surface area contributed by atoms with Gasteiger partial charge in [-0.2, -0.15) is 0 Å². The highest BCUT2D eigenvalue weighted by Gasteiger charge is 2.55. The average molecular weight is 494 g/mol. The van der Waals surface area contributed by atoms with Gasteiger partial charge in [-0.1, -0.05) is 18.2 Å². The highest BCUT2D eigenvalue weighted by Crippen LogP contribution is 2.44. The van der Waals surface area contributed by atoms with E-state index in [0.29, 0.717) is 28.3 Å². The molecule has 37 heavy (non-hydrogen) atoms. The molecule has 0 fully saturated rings. The van der Waals surface area contributed by atoms with Gasteiger partial charge in [0.15, 0.2) is 5.70 Å². The topological polar surface area (TPSA) is 53.4 Å². The first-order valence-corrected chi connectivity index (χ1v) is 12.2. The number of phenolic OH excluding ortho intramolecular Hbond substituents is 1. The fourth-order valence-electron chi connectivity index (χ4n) is 5.72. The van der Waals surface area contributed by atoms with E-state index in [4.69, 9.17) is 0 Å². The normalized spacial score (nSPS) is 16.5. The molecule has 0 amide bonds. The van der Waals surface area contributed by atoms with Crippen molar-refractivity contribution in [2.45, 2.75) is 27.7 Å². The van der Waals surface area contributed by atoms with E-state index < -0.39 is 6.97 Å². The molecule has 5 nitrogen and oxygen atoms in total. The van der Waals surface area contributed by atoms with Gasteiger partial charge in [0.2, 0.25) is 0 Å². The molecule has 0 bridgehead atoms. The van der Waals surface area contributed by atoms with Gasteiger partial charge in [0.1, 0.15) is 17.0 Å². The number of aliphatic imine (C=N–C) groups is 1. The maximum absolute atomic E-state index is 15.8. The van der Waals surface area contributed by atoms with Crippen LogP contribution in [0.15, 0.2) is 83.1 Å². The Morgan fingerprint density at radius 3 is 2.54 bits per heavy atom. The van der Waals surface area contributed by atoms with Gasteiger partial charge in [-0.25, -0.2) is 0 Å². The fraction of sp³-hybridized carbons (Fsp3) is 0.138. The third-order valence-electron chi connectivity index (χ3n) is 7.23. The molecule has 0 atom stereocenters. The number of hydrogen-bond donors (Lipinski definition) is 1. The van der Waals surface area contributed by atoms with Gasteiger partial charge in [0.25, 0.3) is 0 Å². The molecule has 6 rings (SSSR count). The number of aromatic nitrogens is 2. The first-order chi connectivity index (χ1) is 17.7. The van der Waals surface area contributed by atoms with Crippen LogP contribution in [0.3, 0.4) is 0 Å². The summed E-state index contributed by atoms with van der Waals surface area (Å²) >= 11 is 0. The number of benzene rings is 2. The summed E-state index contributed by atoms with van der Waals surface area (Å²) in [6, 6.07) is 16.6. The molecular weight excluding hydrogens is 469 g/mol. The molecular formula is C29H25BF2N4O. The standard InChI is InChI=1S/C29H25BF2N4O/c1-17-14-19(3)35-28(17)26(29-18(2)15-20(4)36(29)30(35,31)32)21-7-10-23(11-8-21)34-16-22-9-12-25(37)27-24(22)6-5-13-33-27/h5-16,37H,1-4H3. The molecule has 0 saturated carbocycles. The van der Waals surface area contributed by atoms with Crippen LogP contribution in [0, 0.1) is 13.8 Å². The maximum atomic E-state index is 15.8. The Bertz CT molecular complexity index is 1740. The van der Waals surface area contributed by atoms with Gasteiger partial charge in [0, 0.05) is 47.6 Å². The minimum atomic E-state index is -4.00. The van der Waals surface area contributed by atoms with Crippen LogP contribution >= 0.6 is 0 Å². The highest BCUT2D eigenvalue weighted by atomic mass is 19.2. The molecule has 184 valence electrons. The molecule has 4 aromatic rings. The molecule has 2 aromatic carbocycles. The number of fused-ring (bicyclic) bond motifs is 3. The largest absolute Gasteiger partial charge is 0.737 e. The minimum Gasteiger partial charge on any atom is -0.506 e. The lowest BCUT2D eigenvalue weighted by Crippen LogP contribution is -2.51. The Labute approximate surface area is 213 Å². The van der Waals surface area contributed by atoms with Crippen molar-refractivity contribution in [3.05, 3.63) is 106 Å². The Morgan fingerprint density at radius 2 is 1.78 bits per heavy atom. The Balaban J connectivity index is 1.45. The summed E-state index contributed by atoms with van der Waals surface area (Å²) in [5.41, 5.74) is 7.62. The third kappa shape index (κ3) is 3.39. The third-order valence-corrected chi connectivity index (χ3v) is 7.23. The van der Waals surface area contributed by atoms with Gasteiger partial charge >= 0.3 is 6.97 Å². The molecule has 0 unspecified atom stereocenters. The summed E-state index contributed by atoms with van der Waals surface area (Å²) in [5.74, 6) is 0.124. The number of rotatable bonds is 3. The van der Waals surface area contributed by atoms with Crippen molar-refractivity contribution in [1.82, 2.24) is 9.46 Å².